The Morgan fingerprint density at radius 3 is 2.11 bits per heavy atom. The van der Waals surface area contributed by atoms with E-state index < -0.39 is 6.04 Å². The van der Waals surface area contributed by atoms with Crippen LogP contribution < -0.4 is 5.32 Å². The molecular formula is C31H38N2O2. The highest BCUT2D eigenvalue weighted by Crippen LogP contribution is 2.18. The van der Waals surface area contributed by atoms with Gasteiger partial charge in [0.15, 0.2) is 0 Å². The van der Waals surface area contributed by atoms with Crippen molar-refractivity contribution in [1.29, 1.82) is 0 Å². The molecule has 3 aromatic carbocycles. The summed E-state index contributed by atoms with van der Waals surface area (Å²) in [6.45, 7) is 9.25. The fourth-order valence-electron chi connectivity index (χ4n) is 4.51. The summed E-state index contributed by atoms with van der Waals surface area (Å²) in [7, 11) is 0. The zero-order valence-corrected chi connectivity index (χ0v) is 21.5. The molecule has 0 radical (unpaired) electrons. The van der Waals surface area contributed by atoms with E-state index in [1.54, 1.807) is 4.90 Å². The van der Waals surface area contributed by atoms with Crippen LogP contribution in [0.2, 0.25) is 0 Å². The average Bonchev–Trinajstić information content (AvgIpc) is 2.81. The Bertz CT molecular complexity index is 1100. The lowest BCUT2D eigenvalue weighted by Crippen LogP contribution is -2.51. The summed E-state index contributed by atoms with van der Waals surface area (Å²) in [5, 5.41) is 3.09. The first-order valence-electron chi connectivity index (χ1n) is 12.6. The highest BCUT2D eigenvalue weighted by molar-refractivity contribution is 5.88. The first kappa shape index (κ1) is 26.2. The van der Waals surface area contributed by atoms with Gasteiger partial charge in [-0.2, -0.15) is 0 Å². The largest absolute Gasteiger partial charge is 0.354 e. The molecule has 0 aliphatic rings. The molecule has 0 aliphatic heterocycles. The van der Waals surface area contributed by atoms with Crippen LogP contribution in [-0.2, 0) is 29.0 Å². The minimum atomic E-state index is -0.590. The summed E-state index contributed by atoms with van der Waals surface area (Å²) < 4.78 is 0. The number of carbonyl (C=O) groups is 2. The molecule has 0 spiro atoms. The number of unbranched alkanes of at least 4 members (excludes halogenated alkanes) is 1. The summed E-state index contributed by atoms with van der Waals surface area (Å²) in [6, 6.07) is 23.8. The molecule has 4 heteroatoms. The van der Waals surface area contributed by atoms with Gasteiger partial charge in [0.1, 0.15) is 6.04 Å². The van der Waals surface area contributed by atoms with Crippen molar-refractivity contribution in [2.75, 3.05) is 6.54 Å². The lowest BCUT2D eigenvalue weighted by Gasteiger charge is -2.32. The van der Waals surface area contributed by atoms with Gasteiger partial charge in [0.25, 0.3) is 0 Å². The van der Waals surface area contributed by atoms with E-state index in [0.29, 0.717) is 19.5 Å². The molecule has 0 saturated heterocycles. The Balaban J connectivity index is 1.96. The molecule has 0 unspecified atom stereocenters. The van der Waals surface area contributed by atoms with Crippen molar-refractivity contribution in [2.45, 2.75) is 66.0 Å². The number of nitrogens with zero attached hydrogens (tertiary/aromatic N) is 1. The number of amides is 2. The Morgan fingerprint density at radius 1 is 0.800 bits per heavy atom. The lowest BCUT2D eigenvalue weighted by atomic mass is 10.00. The number of rotatable bonds is 11. The van der Waals surface area contributed by atoms with Crippen molar-refractivity contribution >= 4 is 11.8 Å². The average molecular weight is 471 g/mol. The minimum Gasteiger partial charge on any atom is -0.354 e. The number of hydrogen-bond donors (Lipinski definition) is 1. The van der Waals surface area contributed by atoms with Crippen LogP contribution in [0, 0.1) is 20.8 Å². The molecule has 4 nitrogen and oxygen atoms in total. The van der Waals surface area contributed by atoms with Gasteiger partial charge < -0.3 is 10.2 Å². The Morgan fingerprint density at radius 2 is 1.46 bits per heavy atom. The summed E-state index contributed by atoms with van der Waals surface area (Å²) >= 11 is 0. The van der Waals surface area contributed by atoms with Crippen LogP contribution in [0.3, 0.4) is 0 Å². The highest BCUT2D eigenvalue weighted by atomic mass is 16.2. The van der Waals surface area contributed by atoms with Crippen LogP contribution in [0.25, 0.3) is 0 Å². The Labute approximate surface area is 210 Å². The van der Waals surface area contributed by atoms with Gasteiger partial charge in [0.05, 0.1) is 6.42 Å². The summed E-state index contributed by atoms with van der Waals surface area (Å²) in [6.07, 6.45) is 2.66. The van der Waals surface area contributed by atoms with Gasteiger partial charge in [-0.3, -0.25) is 9.59 Å². The van der Waals surface area contributed by atoms with Crippen LogP contribution in [-0.4, -0.2) is 29.3 Å². The molecule has 1 N–H and O–H groups in total. The summed E-state index contributed by atoms with van der Waals surface area (Å²) in [5.74, 6) is -0.133. The van der Waals surface area contributed by atoms with E-state index in [-0.39, 0.29) is 18.2 Å². The van der Waals surface area contributed by atoms with E-state index in [2.05, 4.69) is 36.5 Å². The zero-order chi connectivity index (χ0) is 25.2. The normalized spacial score (nSPS) is 11.7. The molecule has 2 amide bonds. The third-order valence-corrected chi connectivity index (χ3v) is 6.17. The first-order valence-corrected chi connectivity index (χ1v) is 12.6. The fraction of sp³-hybridized carbons (Fsp3) is 0.355. The summed E-state index contributed by atoms with van der Waals surface area (Å²) in [4.78, 5) is 29.1. The quantitative estimate of drug-likeness (QED) is 0.365. The van der Waals surface area contributed by atoms with Gasteiger partial charge >= 0.3 is 0 Å². The van der Waals surface area contributed by atoms with Crippen molar-refractivity contribution < 1.29 is 9.59 Å². The van der Waals surface area contributed by atoms with E-state index in [4.69, 9.17) is 0 Å². The molecule has 0 aromatic heterocycles. The lowest BCUT2D eigenvalue weighted by molar-refractivity contribution is -0.140. The zero-order valence-electron chi connectivity index (χ0n) is 21.5. The molecule has 3 rings (SSSR count). The van der Waals surface area contributed by atoms with Crippen LogP contribution in [0.1, 0.15) is 53.1 Å². The van der Waals surface area contributed by atoms with Crippen LogP contribution in [0.4, 0.5) is 0 Å². The van der Waals surface area contributed by atoms with Gasteiger partial charge in [-0.05, 0) is 43.9 Å². The second kappa shape index (κ2) is 12.9. The van der Waals surface area contributed by atoms with E-state index >= 15 is 0 Å². The van der Waals surface area contributed by atoms with E-state index in [9.17, 15) is 9.59 Å². The SMILES string of the molecule is CCCCNC(=O)[C@@H](Cc1ccccc1)N(Cc1cccc(C)c1)C(=O)Cc1cc(C)cc(C)c1. The molecule has 184 valence electrons. The molecule has 0 aliphatic carbocycles. The maximum Gasteiger partial charge on any atom is 0.243 e. The Kier molecular flexibility index (Phi) is 9.66. The third-order valence-electron chi connectivity index (χ3n) is 6.17. The van der Waals surface area contributed by atoms with Gasteiger partial charge in [-0.1, -0.05) is 103 Å². The molecular weight excluding hydrogens is 432 g/mol. The highest BCUT2D eigenvalue weighted by Gasteiger charge is 2.30. The molecule has 3 aromatic rings. The van der Waals surface area contributed by atoms with Gasteiger partial charge in [0, 0.05) is 19.5 Å². The molecule has 0 saturated carbocycles. The number of carbonyl (C=O) groups excluding carboxylic acids is 2. The van der Waals surface area contributed by atoms with E-state index in [0.717, 1.165) is 46.2 Å². The topological polar surface area (TPSA) is 49.4 Å². The molecule has 1 atom stereocenters. The monoisotopic (exact) mass is 470 g/mol. The molecule has 0 fully saturated rings. The van der Waals surface area contributed by atoms with E-state index in [1.165, 1.54) is 0 Å². The fourth-order valence-corrected chi connectivity index (χ4v) is 4.51. The molecule has 0 bridgehead atoms. The Hall–Kier alpha value is -3.40. The van der Waals surface area contributed by atoms with E-state index in [1.807, 2.05) is 69.3 Å². The maximum atomic E-state index is 13.8. The second-order valence-corrected chi connectivity index (χ2v) is 9.53. The smallest absolute Gasteiger partial charge is 0.243 e. The predicted octanol–water partition coefficient (Wildman–Crippen LogP) is 5.71. The maximum absolute atomic E-state index is 13.8. The number of hydrogen-bond acceptors (Lipinski definition) is 2. The van der Waals surface area contributed by atoms with Gasteiger partial charge in [0.2, 0.25) is 11.8 Å². The van der Waals surface area contributed by atoms with Gasteiger partial charge in [-0.15, -0.1) is 0 Å². The predicted molar refractivity (Wildman–Crippen MR) is 143 cm³/mol. The van der Waals surface area contributed by atoms with Crippen LogP contribution >= 0.6 is 0 Å². The first-order chi connectivity index (χ1) is 16.9. The summed E-state index contributed by atoms with van der Waals surface area (Å²) in [5.41, 5.74) is 6.45. The van der Waals surface area contributed by atoms with Crippen LogP contribution in [0.5, 0.6) is 0 Å². The van der Waals surface area contributed by atoms with Crippen molar-refractivity contribution in [2.24, 2.45) is 0 Å². The third kappa shape index (κ3) is 8.10. The van der Waals surface area contributed by atoms with Crippen molar-refractivity contribution in [3.8, 4) is 0 Å². The van der Waals surface area contributed by atoms with Crippen molar-refractivity contribution in [1.82, 2.24) is 10.2 Å². The number of benzene rings is 3. The second-order valence-electron chi connectivity index (χ2n) is 9.53. The number of aryl methyl sites for hydroxylation is 3. The molecule has 0 heterocycles. The van der Waals surface area contributed by atoms with Crippen LogP contribution in [0.15, 0.2) is 72.8 Å². The van der Waals surface area contributed by atoms with Crippen molar-refractivity contribution in [3.05, 3.63) is 106 Å². The minimum absolute atomic E-state index is 0.0388. The number of nitrogens with one attached hydrogen (secondary N) is 1. The standard InChI is InChI=1S/C31H38N2O2/c1-5-6-15-32-31(35)29(20-26-12-8-7-9-13-26)33(22-27-14-10-11-23(2)17-27)30(34)21-28-18-24(3)16-25(4)19-28/h7-14,16-19,29H,5-6,15,20-22H2,1-4H3,(H,32,35)/t29-/m1/s1. The van der Waals surface area contributed by atoms with Gasteiger partial charge in [-0.25, -0.2) is 0 Å². The molecule has 35 heavy (non-hydrogen) atoms. The van der Waals surface area contributed by atoms with Crippen molar-refractivity contribution in [3.63, 3.8) is 0 Å².